The zero-order chi connectivity index (χ0) is 17.1. The molecule has 122 valence electrons. The molecule has 0 fully saturated rings. The second-order valence-electron chi connectivity index (χ2n) is 5.30. The number of rotatable bonds is 4. The third kappa shape index (κ3) is 3.02. The number of benzene rings is 1. The molecule has 3 aromatic heterocycles. The van der Waals surface area contributed by atoms with Gasteiger partial charge in [0.05, 0.1) is 23.3 Å². The molecule has 1 N–H and O–H groups in total. The highest BCUT2D eigenvalue weighted by atomic mass is 16.1. The lowest BCUT2D eigenvalue weighted by atomic mass is 10.2. The molecule has 7 heteroatoms. The summed E-state index contributed by atoms with van der Waals surface area (Å²) in [5.74, 6) is -0.226. The van der Waals surface area contributed by atoms with E-state index in [-0.39, 0.29) is 5.91 Å². The SMILES string of the molecule is O=C(Nc1cnccc1-n1cccn1)c1cccc(-n2cccn2)c1. The highest BCUT2D eigenvalue weighted by Gasteiger charge is 2.11. The maximum atomic E-state index is 12.7. The van der Waals surface area contributed by atoms with Gasteiger partial charge in [0.15, 0.2) is 0 Å². The average Bonchev–Trinajstić information content (AvgIpc) is 3.36. The number of carbonyl (C=O) groups excluding carboxylic acids is 1. The molecule has 0 aliphatic carbocycles. The normalized spacial score (nSPS) is 10.6. The van der Waals surface area contributed by atoms with E-state index < -0.39 is 0 Å². The number of hydrogen-bond acceptors (Lipinski definition) is 4. The third-order valence-electron chi connectivity index (χ3n) is 3.67. The van der Waals surface area contributed by atoms with Crippen LogP contribution in [0.5, 0.6) is 0 Å². The third-order valence-corrected chi connectivity index (χ3v) is 3.67. The first-order valence-electron chi connectivity index (χ1n) is 7.67. The van der Waals surface area contributed by atoms with Crippen LogP contribution in [0.1, 0.15) is 10.4 Å². The molecule has 0 saturated carbocycles. The van der Waals surface area contributed by atoms with Gasteiger partial charge in [0, 0.05) is 36.5 Å². The molecule has 3 heterocycles. The van der Waals surface area contributed by atoms with Crippen molar-refractivity contribution < 1.29 is 4.79 Å². The molecule has 7 nitrogen and oxygen atoms in total. The van der Waals surface area contributed by atoms with E-state index in [1.54, 1.807) is 52.4 Å². The van der Waals surface area contributed by atoms with E-state index in [0.717, 1.165) is 11.4 Å². The Morgan fingerprint density at radius 1 is 0.920 bits per heavy atom. The fraction of sp³-hybridized carbons (Fsp3) is 0. The first kappa shape index (κ1) is 14.8. The van der Waals surface area contributed by atoms with Crippen molar-refractivity contribution in [2.24, 2.45) is 0 Å². The summed E-state index contributed by atoms with van der Waals surface area (Å²) < 4.78 is 3.38. The van der Waals surface area contributed by atoms with Crippen molar-refractivity contribution in [3.8, 4) is 11.4 Å². The summed E-state index contributed by atoms with van der Waals surface area (Å²) >= 11 is 0. The van der Waals surface area contributed by atoms with Gasteiger partial charge in [-0.3, -0.25) is 9.78 Å². The van der Waals surface area contributed by atoms with Gasteiger partial charge < -0.3 is 5.32 Å². The largest absolute Gasteiger partial charge is 0.319 e. The maximum Gasteiger partial charge on any atom is 0.255 e. The number of aromatic nitrogens is 5. The highest BCUT2D eigenvalue weighted by molar-refractivity contribution is 6.05. The first-order chi connectivity index (χ1) is 12.3. The van der Waals surface area contributed by atoms with Crippen LogP contribution in [0, 0.1) is 0 Å². The number of carbonyl (C=O) groups is 1. The van der Waals surface area contributed by atoms with Gasteiger partial charge in [0.1, 0.15) is 0 Å². The number of nitrogens with zero attached hydrogens (tertiary/aromatic N) is 5. The Kier molecular flexibility index (Phi) is 3.80. The van der Waals surface area contributed by atoms with Gasteiger partial charge in [0.2, 0.25) is 0 Å². The second kappa shape index (κ2) is 6.40. The standard InChI is InChI=1S/C18H14N6O/c25-18(14-4-1-5-15(12-14)23-10-2-7-20-23)22-16-13-19-9-6-17(16)24-11-3-8-21-24/h1-13H,(H,22,25). The molecule has 1 amide bonds. The van der Waals surface area contributed by atoms with Crippen molar-refractivity contribution in [3.05, 3.63) is 85.2 Å². The van der Waals surface area contributed by atoms with Crippen LogP contribution in [0.4, 0.5) is 5.69 Å². The molecule has 25 heavy (non-hydrogen) atoms. The molecule has 1 aromatic carbocycles. The Morgan fingerprint density at radius 3 is 2.48 bits per heavy atom. The molecule has 0 bridgehead atoms. The van der Waals surface area contributed by atoms with Crippen molar-refractivity contribution in [2.75, 3.05) is 5.32 Å². The van der Waals surface area contributed by atoms with Gasteiger partial charge in [0.25, 0.3) is 5.91 Å². The monoisotopic (exact) mass is 330 g/mol. The molecule has 4 rings (SSSR count). The lowest BCUT2D eigenvalue weighted by molar-refractivity contribution is 0.102. The van der Waals surface area contributed by atoms with Gasteiger partial charge in [-0.15, -0.1) is 0 Å². The van der Waals surface area contributed by atoms with Gasteiger partial charge in [-0.1, -0.05) is 6.07 Å². The quantitative estimate of drug-likeness (QED) is 0.624. The van der Waals surface area contributed by atoms with Crippen LogP contribution in [-0.4, -0.2) is 30.5 Å². The van der Waals surface area contributed by atoms with Crippen molar-refractivity contribution in [2.45, 2.75) is 0 Å². The number of hydrogen-bond donors (Lipinski definition) is 1. The maximum absolute atomic E-state index is 12.7. The molecule has 0 atom stereocenters. The van der Waals surface area contributed by atoms with E-state index in [1.807, 2.05) is 36.7 Å². The van der Waals surface area contributed by atoms with Crippen molar-refractivity contribution >= 4 is 11.6 Å². The predicted molar refractivity (Wildman–Crippen MR) is 92.9 cm³/mol. The zero-order valence-corrected chi connectivity index (χ0v) is 13.1. The topological polar surface area (TPSA) is 77.6 Å². The van der Waals surface area contributed by atoms with Crippen LogP contribution in [-0.2, 0) is 0 Å². The Labute approximate surface area is 143 Å². The molecular weight excluding hydrogens is 316 g/mol. The van der Waals surface area contributed by atoms with E-state index in [4.69, 9.17) is 0 Å². The lowest BCUT2D eigenvalue weighted by Crippen LogP contribution is -2.14. The first-order valence-corrected chi connectivity index (χ1v) is 7.67. The zero-order valence-electron chi connectivity index (χ0n) is 13.1. The summed E-state index contributed by atoms with van der Waals surface area (Å²) in [5, 5.41) is 11.3. The van der Waals surface area contributed by atoms with Gasteiger partial charge >= 0.3 is 0 Å². The van der Waals surface area contributed by atoms with Crippen LogP contribution in [0.15, 0.2) is 79.6 Å². The molecule has 4 aromatic rings. The van der Waals surface area contributed by atoms with Crippen LogP contribution < -0.4 is 5.32 Å². The van der Waals surface area contributed by atoms with E-state index in [9.17, 15) is 4.79 Å². The van der Waals surface area contributed by atoms with Gasteiger partial charge in [-0.05, 0) is 36.4 Å². The van der Waals surface area contributed by atoms with E-state index in [2.05, 4.69) is 20.5 Å². The summed E-state index contributed by atoms with van der Waals surface area (Å²) in [6.07, 6.45) is 10.3. The summed E-state index contributed by atoms with van der Waals surface area (Å²) in [5.41, 5.74) is 2.68. The summed E-state index contributed by atoms with van der Waals surface area (Å²) in [6, 6.07) is 12.7. The fourth-order valence-electron chi connectivity index (χ4n) is 2.50. The van der Waals surface area contributed by atoms with E-state index in [0.29, 0.717) is 11.3 Å². The number of amides is 1. The molecule has 0 radical (unpaired) electrons. The summed E-state index contributed by atoms with van der Waals surface area (Å²) in [4.78, 5) is 16.7. The van der Waals surface area contributed by atoms with Crippen molar-refractivity contribution in [3.63, 3.8) is 0 Å². The fourth-order valence-corrected chi connectivity index (χ4v) is 2.50. The Hall–Kier alpha value is -3.74. The molecule has 0 saturated heterocycles. The average molecular weight is 330 g/mol. The highest BCUT2D eigenvalue weighted by Crippen LogP contribution is 2.19. The molecule has 0 spiro atoms. The minimum absolute atomic E-state index is 0.226. The predicted octanol–water partition coefficient (Wildman–Crippen LogP) is 2.71. The molecule has 0 aliphatic rings. The number of anilines is 1. The van der Waals surface area contributed by atoms with Crippen molar-refractivity contribution in [1.29, 1.82) is 0 Å². The number of pyridine rings is 1. The molecule has 0 aliphatic heterocycles. The van der Waals surface area contributed by atoms with Gasteiger partial charge in [-0.2, -0.15) is 10.2 Å². The van der Waals surface area contributed by atoms with Crippen molar-refractivity contribution in [1.82, 2.24) is 24.5 Å². The molecular formula is C18H14N6O. The Bertz CT molecular complexity index is 992. The Morgan fingerprint density at radius 2 is 1.72 bits per heavy atom. The smallest absolute Gasteiger partial charge is 0.255 e. The summed E-state index contributed by atoms with van der Waals surface area (Å²) in [6.45, 7) is 0. The van der Waals surface area contributed by atoms with Crippen LogP contribution >= 0.6 is 0 Å². The van der Waals surface area contributed by atoms with Crippen LogP contribution in [0.25, 0.3) is 11.4 Å². The Balaban J connectivity index is 1.63. The number of nitrogens with one attached hydrogen (secondary N) is 1. The minimum atomic E-state index is -0.226. The summed E-state index contributed by atoms with van der Waals surface area (Å²) in [7, 11) is 0. The van der Waals surface area contributed by atoms with Gasteiger partial charge in [-0.25, -0.2) is 9.36 Å². The van der Waals surface area contributed by atoms with Crippen LogP contribution in [0.3, 0.4) is 0 Å². The van der Waals surface area contributed by atoms with E-state index in [1.165, 1.54) is 0 Å². The lowest BCUT2D eigenvalue weighted by Gasteiger charge is -2.11. The van der Waals surface area contributed by atoms with E-state index >= 15 is 0 Å². The minimum Gasteiger partial charge on any atom is -0.319 e. The van der Waals surface area contributed by atoms with Crippen LogP contribution in [0.2, 0.25) is 0 Å². The molecule has 0 unspecified atom stereocenters. The second-order valence-corrected chi connectivity index (χ2v) is 5.30.